The zero-order chi connectivity index (χ0) is 13.3. The molecular formula is C13H17NO3S. The summed E-state index contributed by atoms with van der Waals surface area (Å²) in [4.78, 5) is 11.9. The first kappa shape index (κ1) is 13.1. The fraction of sp³-hybridized carbons (Fsp3) is 0.462. The minimum absolute atomic E-state index is 0.0350. The third-order valence-electron chi connectivity index (χ3n) is 3.27. The largest absolute Gasteiger partial charge is 0.294 e. The second-order valence-corrected chi connectivity index (χ2v) is 6.78. The van der Waals surface area contributed by atoms with Gasteiger partial charge in [0.1, 0.15) is 0 Å². The lowest BCUT2D eigenvalue weighted by molar-refractivity contribution is 0.0962. The number of sulfonamides is 1. The van der Waals surface area contributed by atoms with Crippen LogP contribution in [-0.4, -0.2) is 20.0 Å². The number of Topliss-reactive ketones (excluding diaryl/α,β-unsaturated/α-hetero) is 1. The zero-order valence-corrected chi connectivity index (χ0v) is 11.3. The first-order valence-corrected chi connectivity index (χ1v) is 7.73. The molecule has 1 saturated carbocycles. The van der Waals surface area contributed by atoms with Crippen LogP contribution in [0.1, 0.15) is 30.6 Å². The summed E-state index contributed by atoms with van der Waals surface area (Å²) < 4.78 is 25.2. The van der Waals surface area contributed by atoms with Gasteiger partial charge in [-0.15, -0.1) is 0 Å². The lowest BCUT2D eigenvalue weighted by atomic mass is 10.1. The maximum absolute atomic E-state index is 11.9. The molecule has 0 amide bonds. The van der Waals surface area contributed by atoms with E-state index in [9.17, 15) is 13.2 Å². The van der Waals surface area contributed by atoms with Gasteiger partial charge in [0.2, 0.25) is 10.0 Å². The Morgan fingerprint density at radius 3 is 2.33 bits per heavy atom. The van der Waals surface area contributed by atoms with Crippen molar-refractivity contribution in [2.24, 2.45) is 11.8 Å². The molecular weight excluding hydrogens is 250 g/mol. The van der Waals surface area contributed by atoms with E-state index < -0.39 is 10.0 Å². The van der Waals surface area contributed by atoms with Crippen molar-refractivity contribution in [1.82, 2.24) is 0 Å². The molecule has 5 heteroatoms. The van der Waals surface area contributed by atoms with Crippen molar-refractivity contribution in [3.8, 4) is 0 Å². The SMILES string of the molecule is CCS(=O)(=O)Nc1ccc(C(=O)C2CC2C)cc1. The van der Waals surface area contributed by atoms with Crippen molar-refractivity contribution in [2.75, 3.05) is 10.5 Å². The predicted molar refractivity (Wildman–Crippen MR) is 71.1 cm³/mol. The molecule has 1 aliphatic rings. The molecule has 2 unspecified atom stereocenters. The van der Waals surface area contributed by atoms with Crippen LogP contribution in [0.3, 0.4) is 0 Å². The average Bonchev–Trinajstić information content (AvgIpc) is 3.06. The number of hydrogen-bond donors (Lipinski definition) is 1. The molecule has 2 atom stereocenters. The van der Waals surface area contributed by atoms with E-state index in [1.165, 1.54) is 0 Å². The predicted octanol–water partition coefficient (Wildman–Crippen LogP) is 2.29. The Labute approximate surface area is 107 Å². The van der Waals surface area contributed by atoms with Gasteiger partial charge < -0.3 is 0 Å². The molecule has 0 aromatic heterocycles. The first-order valence-electron chi connectivity index (χ1n) is 6.07. The Bertz CT molecular complexity index is 548. The van der Waals surface area contributed by atoms with Crippen molar-refractivity contribution >= 4 is 21.5 Å². The number of carbonyl (C=O) groups is 1. The minimum atomic E-state index is -3.25. The monoisotopic (exact) mass is 267 g/mol. The lowest BCUT2D eigenvalue weighted by Gasteiger charge is -2.06. The second-order valence-electron chi connectivity index (χ2n) is 4.77. The molecule has 98 valence electrons. The molecule has 1 aromatic rings. The summed E-state index contributed by atoms with van der Waals surface area (Å²) >= 11 is 0. The summed E-state index contributed by atoms with van der Waals surface area (Å²) in [6, 6.07) is 6.63. The molecule has 0 bridgehead atoms. The van der Waals surface area contributed by atoms with E-state index in [0.29, 0.717) is 17.2 Å². The van der Waals surface area contributed by atoms with Crippen LogP contribution in [0.15, 0.2) is 24.3 Å². The van der Waals surface area contributed by atoms with Crippen LogP contribution in [0.5, 0.6) is 0 Å². The third kappa shape index (κ3) is 2.90. The van der Waals surface area contributed by atoms with Gasteiger partial charge in [0.25, 0.3) is 0 Å². The topological polar surface area (TPSA) is 63.2 Å². The van der Waals surface area contributed by atoms with E-state index in [2.05, 4.69) is 11.6 Å². The lowest BCUT2D eigenvalue weighted by Crippen LogP contribution is -2.14. The van der Waals surface area contributed by atoms with Gasteiger partial charge in [0.15, 0.2) is 5.78 Å². The van der Waals surface area contributed by atoms with Crippen molar-refractivity contribution < 1.29 is 13.2 Å². The number of hydrogen-bond acceptors (Lipinski definition) is 3. The molecule has 0 saturated heterocycles. The van der Waals surface area contributed by atoms with E-state index in [1.54, 1.807) is 31.2 Å². The number of rotatable bonds is 5. The average molecular weight is 267 g/mol. The van der Waals surface area contributed by atoms with Gasteiger partial charge in [-0.1, -0.05) is 6.92 Å². The summed E-state index contributed by atoms with van der Waals surface area (Å²) in [7, 11) is -3.25. The molecule has 1 N–H and O–H groups in total. The van der Waals surface area contributed by atoms with Crippen LogP contribution < -0.4 is 4.72 Å². The third-order valence-corrected chi connectivity index (χ3v) is 4.58. The van der Waals surface area contributed by atoms with Crippen LogP contribution in [0, 0.1) is 11.8 Å². The number of benzene rings is 1. The molecule has 1 aliphatic carbocycles. The van der Waals surface area contributed by atoms with Crippen molar-refractivity contribution in [2.45, 2.75) is 20.3 Å². The molecule has 0 radical (unpaired) electrons. The van der Waals surface area contributed by atoms with Crippen molar-refractivity contribution in [3.05, 3.63) is 29.8 Å². The van der Waals surface area contributed by atoms with Gasteiger partial charge >= 0.3 is 0 Å². The molecule has 1 aromatic carbocycles. The maximum Gasteiger partial charge on any atom is 0.232 e. The van der Waals surface area contributed by atoms with E-state index in [-0.39, 0.29) is 17.5 Å². The maximum atomic E-state index is 11.9. The molecule has 2 rings (SSSR count). The van der Waals surface area contributed by atoms with E-state index >= 15 is 0 Å². The number of anilines is 1. The highest BCUT2D eigenvalue weighted by molar-refractivity contribution is 7.92. The Morgan fingerprint density at radius 1 is 1.33 bits per heavy atom. The van der Waals surface area contributed by atoms with Gasteiger partial charge in [-0.25, -0.2) is 8.42 Å². The number of carbonyl (C=O) groups excluding carboxylic acids is 1. The quantitative estimate of drug-likeness (QED) is 0.832. The highest BCUT2D eigenvalue weighted by Gasteiger charge is 2.39. The van der Waals surface area contributed by atoms with Crippen LogP contribution in [-0.2, 0) is 10.0 Å². The van der Waals surface area contributed by atoms with Crippen molar-refractivity contribution in [3.63, 3.8) is 0 Å². The van der Waals surface area contributed by atoms with Gasteiger partial charge in [-0.3, -0.25) is 9.52 Å². The molecule has 0 heterocycles. The molecule has 0 aliphatic heterocycles. The van der Waals surface area contributed by atoms with Crippen LogP contribution in [0.4, 0.5) is 5.69 Å². The zero-order valence-electron chi connectivity index (χ0n) is 10.5. The number of nitrogens with one attached hydrogen (secondary N) is 1. The molecule has 4 nitrogen and oxygen atoms in total. The van der Waals surface area contributed by atoms with Gasteiger partial charge in [-0.2, -0.15) is 0 Å². The minimum Gasteiger partial charge on any atom is -0.294 e. The van der Waals surface area contributed by atoms with E-state index in [1.807, 2.05) is 0 Å². The summed E-state index contributed by atoms with van der Waals surface area (Å²) in [5.41, 5.74) is 1.15. The van der Waals surface area contributed by atoms with Crippen molar-refractivity contribution in [1.29, 1.82) is 0 Å². The Morgan fingerprint density at radius 2 is 1.89 bits per heavy atom. The van der Waals surface area contributed by atoms with E-state index in [4.69, 9.17) is 0 Å². The highest BCUT2D eigenvalue weighted by atomic mass is 32.2. The normalized spacial score (nSPS) is 22.6. The number of ketones is 1. The fourth-order valence-corrected chi connectivity index (χ4v) is 2.50. The molecule has 0 spiro atoms. The van der Waals surface area contributed by atoms with E-state index in [0.717, 1.165) is 6.42 Å². The molecule has 18 heavy (non-hydrogen) atoms. The van der Waals surface area contributed by atoms with Gasteiger partial charge in [0.05, 0.1) is 5.75 Å². The first-order chi connectivity index (χ1) is 8.43. The fourth-order valence-electron chi connectivity index (χ4n) is 1.86. The summed E-state index contributed by atoms with van der Waals surface area (Å²) in [6.45, 7) is 3.64. The standard InChI is InChI=1S/C13H17NO3S/c1-3-18(16,17)14-11-6-4-10(5-7-11)13(15)12-8-9(12)2/h4-7,9,12,14H,3,8H2,1-2H3. The Balaban J connectivity index is 2.08. The highest BCUT2D eigenvalue weighted by Crippen LogP contribution is 2.40. The summed E-state index contributed by atoms with van der Waals surface area (Å²) in [6.07, 6.45) is 0.961. The van der Waals surface area contributed by atoms with Gasteiger partial charge in [0, 0.05) is 17.2 Å². The van der Waals surface area contributed by atoms with Gasteiger partial charge in [-0.05, 0) is 43.5 Å². The smallest absolute Gasteiger partial charge is 0.232 e. The summed E-state index contributed by atoms with van der Waals surface area (Å²) in [5.74, 6) is 0.833. The second kappa shape index (κ2) is 4.72. The summed E-state index contributed by atoms with van der Waals surface area (Å²) in [5, 5.41) is 0. The van der Waals surface area contributed by atoms with Crippen LogP contribution >= 0.6 is 0 Å². The van der Waals surface area contributed by atoms with Crippen LogP contribution in [0.2, 0.25) is 0 Å². The Hall–Kier alpha value is -1.36. The van der Waals surface area contributed by atoms with Crippen LogP contribution in [0.25, 0.3) is 0 Å². The molecule has 1 fully saturated rings. The Kier molecular flexibility index (Phi) is 3.43.